The van der Waals surface area contributed by atoms with Crippen LogP contribution in [0.2, 0.25) is 0 Å². The molecule has 3 nitrogen and oxygen atoms in total. The van der Waals surface area contributed by atoms with Crippen molar-refractivity contribution in [1.29, 1.82) is 0 Å². The van der Waals surface area contributed by atoms with Gasteiger partial charge in [-0.1, -0.05) is 12.1 Å². The van der Waals surface area contributed by atoms with Gasteiger partial charge in [0.05, 0.1) is 26.9 Å². The van der Waals surface area contributed by atoms with E-state index in [1.54, 1.807) is 29.1 Å². The minimum Gasteiger partial charge on any atom is -0.319 e. The molecule has 0 radical (unpaired) electrons. The number of hydrogen-bond acceptors (Lipinski definition) is 2. The minimum absolute atomic E-state index is 0.155. The Kier molecular flexibility index (Phi) is 4.43. The van der Waals surface area contributed by atoms with E-state index < -0.39 is 6.04 Å². The number of nitrogens with two attached hydrogens (primary N) is 1. The van der Waals surface area contributed by atoms with Crippen LogP contribution in [-0.2, 0) is 0 Å². The van der Waals surface area contributed by atoms with Crippen LogP contribution >= 0.6 is 31.9 Å². The van der Waals surface area contributed by atoms with Crippen molar-refractivity contribution in [3.63, 3.8) is 0 Å². The van der Waals surface area contributed by atoms with Gasteiger partial charge in [-0.2, -0.15) is 5.10 Å². The first-order chi connectivity index (χ1) is 8.93. The first-order valence-electron chi connectivity index (χ1n) is 5.86. The Morgan fingerprint density at radius 2 is 1.95 bits per heavy atom. The Morgan fingerprint density at radius 1 is 1.26 bits per heavy atom. The molecular formula is C13H14Br2FN3. The molecule has 0 aliphatic heterocycles. The molecule has 0 saturated carbocycles. The number of benzene rings is 1. The topological polar surface area (TPSA) is 43.8 Å². The SMILES string of the molecule is CC(C)n1ncc(Br)c1C(N)c1cccc(Br)c1F. The average Bonchev–Trinajstić information content (AvgIpc) is 2.74. The van der Waals surface area contributed by atoms with Gasteiger partial charge < -0.3 is 5.73 Å². The molecule has 1 atom stereocenters. The molecule has 0 saturated heterocycles. The van der Waals surface area contributed by atoms with Crippen LogP contribution in [0.5, 0.6) is 0 Å². The smallest absolute Gasteiger partial charge is 0.142 e. The van der Waals surface area contributed by atoms with Crippen molar-refractivity contribution in [1.82, 2.24) is 9.78 Å². The van der Waals surface area contributed by atoms with Gasteiger partial charge >= 0.3 is 0 Å². The summed E-state index contributed by atoms with van der Waals surface area (Å²) in [5.74, 6) is -0.335. The van der Waals surface area contributed by atoms with Gasteiger partial charge in [0.15, 0.2) is 0 Å². The van der Waals surface area contributed by atoms with E-state index in [-0.39, 0.29) is 11.9 Å². The van der Waals surface area contributed by atoms with Gasteiger partial charge in [0.25, 0.3) is 0 Å². The molecular weight excluding hydrogens is 377 g/mol. The molecule has 6 heteroatoms. The third-order valence-corrected chi connectivity index (χ3v) is 4.11. The monoisotopic (exact) mass is 389 g/mol. The summed E-state index contributed by atoms with van der Waals surface area (Å²) < 4.78 is 17.1. The van der Waals surface area contributed by atoms with Crippen molar-refractivity contribution in [2.24, 2.45) is 5.73 Å². The lowest BCUT2D eigenvalue weighted by Gasteiger charge is -2.18. The number of aromatic nitrogens is 2. The second kappa shape index (κ2) is 5.73. The van der Waals surface area contributed by atoms with Crippen LogP contribution in [0.15, 0.2) is 33.3 Å². The van der Waals surface area contributed by atoms with Gasteiger partial charge in [-0.3, -0.25) is 4.68 Å². The van der Waals surface area contributed by atoms with Crippen LogP contribution in [0.1, 0.15) is 37.2 Å². The third kappa shape index (κ3) is 2.75. The molecule has 1 aromatic heterocycles. The van der Waals surface area contributed by atoms with E-state index in [1.165, 1.54) is 0 Å². The maximum absolute atomic E-state index is 14.1. The molecule has 102 valence electrons. The fourth-order valence-corrected chi connectivity index (χ4v) is 2.86. The Hall–Kier alpha value is -0.720. The van der Waals surface area contributed by atoms with Crippen LogP contribution in [-0.4, -0.2) is 9.78 Å². The van der Waals surface area contributed by atoms with Crippen molar-refractivity contribution < 1.29 is 4.39 Å². The number of hydrogen-bond donors (Lipinski definition) is 1. The summed E-state index contributed by atoms with van der Waals surface area (Å²) in [6.07, 6.45) is 1.69. The highest BCUT2D eigenvalue weighted by atomic mass is 79.9. The molecule has 19 heavy (non-hydrogen) atoms. The Labute approximate surface area is 128 Å². The lowest BCUT2D eigenvalue weighted by atomic mass is 10.0. The number of rotatable bonds is 3. The molecule has 0 aliphatic rings. The maximum Gasteiger partial charge on any atom is 0.142 e. The lowest BCUT2D eigenvalue weighted by Crippen LogP contribution is -2.20. The summed E-state index contributed by atoms with van der Waals surface area (Å²) in [4.78, 5) is 0. The summed E-state index contributed by atoms with van der Waals surface area (Å²) in [6, 6.07) is 4.70. The predicted octanol–water partition coefficient (Wildman–Crippen LogP) is 4.18. The van der Waals surface area contributed by atoms with Crippen molar-refractivity contribution >= 4 is 31.9 Å². The lowest BCUT2D eigenvalue weighted by molar-refractivity contribution is 0.492. The molecule has 1 unspecified atom stereocenters. The summed E-state index contributed by atoms with van der Waals surface area (Å²) in [5, 5.41) is 4.27. The van der Waals surface area contributed by atoms with Gasteiger partial charge in [-0.05, 0) is 51.8 Å². The van der Waals surface area contributed by atoms with E-state index in [9.17, 15) is 4.39 Å². The van der Waals surface area contributed by atoms with E-state index in [1.807, 2.05) is 13.8 Å². The van der Waals surface area contributed by atoms with E-state index in [4.69, 9.17) is 5.73 Å². The van der Waals surface area contributed by atoms with Crippen molar-refractivity contribution in [2.75, 3.05) is 0 Å². The van der Waals surface area contributed by atoms with E-state index in [0.29, 0.717) is 10.0 Å². The zero-order valence-corrected chi connectivity index (χ0v) is 13.7. The normalized spacial score (nSPS) is 13.0. The molecule has 1 heterocycles. The standard InChI is InChI=1S/C13H14Br2FN3/c1-7(2)19-13(10(15)6-18-19)12(17)8-4-3-5-9(14)11(8)16/h3-7,12H,17H2,1-2H3. The highest BCUT2D eigenvalue weighted by Gasteiger charge is 2.22. The van der Waals surface area contributed by atoms with E-state index >= 15 is 0 Å². The van der Waals surface area contributed by atoms with Crippen LogP contribution in [0.25, 0.3) is 0 Å². The van der Waals surface area contributed by atoms with Crippen molar-refractivity contribution in [2.45, 2.75) is 25.9 Å². The fourth-order valence-electron chi connectivity index (χ4n) is 1.96. The molecule has 2 aromatic rings. The van der Waals surface area contributed by atoms with Gasteiger partial charge in [0.2, 0.25) is 0 Å². The third-order valence-electron chi connectivity index (χ3n) is 2.89. The van der Waals surface area contributed by atoms with Gasteiger partial charge in [-0.15, -0.1) is 0 Å². The Morgan fingerprint density at radius 3 is 2.58 bits per heavy atom. The molecule has 1 aromatic carbocycles. The minimum atomic E-state index is -0.572. The van der Waals surface area contributed by atoms with Crippen LogP contribution in [0.3, 0.4) is 0 Å². The largest absolute Gasteiger partial charge is 0.319 e. The zero-order chi connectivity index (χ0) is 14.2. The summed E-state index contributed by atoms with van der Waals surface area (Å²) in [6.45, 7) is 4.01. The molecule has 0 aliphatic carbocycles. The molecule has 2 N–H and O–H groups in total. The Balaban J connectivity index is 2.53. The summed E-state index contributed by atoms with van der Waals surface area (Å²) in [5.41, 5.74) is 7.43. The van der Waals surface area contributed by atoms with Gasteiger partial charge in [0, 0.05) is 11.6 Å². The molecule has 0 amide bonds. The first-order valence-corrected chi connectivity index (χ1v) is 7.44. The van der Waals surface area contributed by atoms with E-state index in [0.717, 1.165) is 10.2 Å². The first kappa shape index (κ1) is 14.7. The van der Waals surface area contributed by atoms with Gasteiger partial charge in [0.1, 0.15) is 5.82 Å². The quantitative estimate of drug-likeness (QED) is 0.854. The van der Waals surface area contributed by atoms with E-state index in [2.05, 4.69) is 37.0 Å². The van der Waals surface area contributed by atoms with Gasteiger partial charge in [-0.25, -0.2) is 4.39 Å². The van der Waals surface area contributed by atoms with Crippen LogP contribution in [0.4, 0.5) is 4.39 Å². The highest BCUT2D eigenvalue weighted by Crippen LogP contribution is 2.31. The second-order valence-corrected chi connectivity index (χ2v) is 6.25. The number of halogens is 3. The fraction of sp³-hybridized carbons (Fsp3) is 0.308. The average molecular weight is 391 g/mol. The zero-order valence-electron chi connectivity index (χ0n) is 10.6. The van der Waals surface area contributed by atoms with Crippen molar-refractivity contribution in [3.05, 3.63) is 50.4 Å². The molecule has 0 bridgehead atoms. The van der Waals surface area contributed by atoms with Crippen molar-refractivity contribution in [3.8, 4) is 0 Å². The summed E-state index contributed by atoms with van der Waals surface area (Å²) in [7, 11) is 0. The van der Waals surface area contributed by atoms with Crippen LogP contribution < -0.4 is 5.73 Å². The summed E-state index contributed by atoms with van der Waals surface area (Å²) >= 11 is 6.61. The Bertz CT molecular complexity index is 596. The molecule has 2 rings (SSSR count). The molecule has 0 fully saturated rings. The number of nitrogens with zero attached hydrogens (tertiary/aromatic N) is 2. The highest BCUT2D eigenvalue weighted by molar-refractivity contribution is 9.10. The maximum atomic E-state index is 14.1. The predicted molar refractivity (Wildman–Crippen MR) is 80.4 cm³/mol. The molecule has 0 spiro atoms. The van der Waals surface area contributed by atoms with Crippen LogP contribution in [0, 0.1) is 5.82 Å². The second-order valence-electron chi connectivity index (χ2n) is 4.54.